The summed E-state index contributed by atoms with van der Waals surface area (Å²) >= 11 is 0. The maximum atomic E-state index is 13.7. The number of amidine groups is 1. The number of nitrogens with zero attached hydrogens (tertiary/aromatic N) is 2. The van der Waals surface area contributed by atoms with Crippen LogP contribution in [0.15, 0.2) is 23.4 Å². The van der Waals surface area contributed by atoms with Crippen molar-refractivity contribution >= 4 is 11.5 Å². The molecule has 0 heterocycles. The third-order valence-electron chi connectivity index (χ3n) is 2.86. The zero-order valence-electron chi connectivity index (χ0n) is 10.9. The standard InChI is InChI=1S/C13H20FN3O/c1-3-4-5-9-17(2)11-8-6-7-10(14)12(11)13(15)16-18/h6-8,18H,3-5,9H2,1-2H3,(H2,15,16). The lowest BCUT2D eigenvalue weighted by Crippen LogP contribution is -2.25. The topological polar surface area (TPSA) is 61.8 Å². The summed E-state index contributed by atoms with van der Waals surface area (Å²) < 4.78 is 13.7. The van der Waals surface area contributed by atoms with E-state index in [0.29, 0.717) is 5.69 Å². The lowest BCUT2D eigenvalue weighted by Gasteiger charge is -2.22. The Bertz CT molecular complexity index is 421. The maximum Gasteiger partial charge on any atom is 0.175 e. The molecular formula is C13H20FN3O. The third-order valence-corrected chi connectivity index (χ3v) is 2.86. The van der Waals surface area contributed by atoms with Gasteiger partial charge in [0.1, 0.15) is 5.82 Å². The molecule has 0 aliphatic rings. The van der Waals surface area contributed by atoms with Crippen molar-refractivity contribution in [2.24, 2.45) is 10.9 Å². The third kappa shape index (κ3) is 3.35. The van der Waals surface area contributed by atoms with Gasteiger partial charge in [0, 0.05) is 13.6 Å². The van der Waals surface area contributed by atoms with Crippen molar-refractivity contribution < 1.29 is 9.60 Å². The molecule has 0 aliphatic carbocycles. The van der Waals surface area contributed by atoms with Crippen LogP contribution in [0.2, 0.25) is 0 Å². The van der Waals surface area contributed by atoms with Crippen molar-refractivity contribution in [1.29, 1.82) is 0 Å². The zero-order valence-corrected chi connectivity index (χ0v) is 10.9. The van der Waals surface area contributed by atoms with Crippen molar-refractivity contribution in [3.8, 4) is 0 Å². The number of unbranched alkanes of at least 4 members (excludes halogenated alkanes) is 2. The lowest BCUT2D eigenvalue weighted by molar-refractivity contribution is 0.318. The molecule has 0 radical (unpaired) electrons. The summed E-state index contributed by atoms with van der Waals surface area (Å²) in [6.07, 6.45) is 3.28. The molecular weight excluding hydrogens is 233 g/mol. The van der Waals surface area contributed by atoms with Crippen LogP contribution in [0.1, 0.15) is 31.7 Å². The molecule has 100 valence electrons. The van der Waals surface area contributed by atoms with E-state index in [1.807, 2.05) is 11.9 Å². The molecule has 5 heteroatoms. The van der Waals surface area contributed by atoms with Crippen LogP contribution in [0.5, 0.6) is 0 Å². The van der Waals surface area contributed by atoms with E-state index in [1.54, 1.807) is 12.1 Å². The summed E-state index contributed by atoms with van der Waals surface area (Å²) in [5.74, 6) is -0.685. The number of benzene rings is 1. The van der Waals surface area contributed by atoms with Crippen LogP contribution in [-0.4, -0.2) is 24.6 Å². The number of anilines is 1. The van der Waals surface area contributed by atoms with E-state index in [9.17, 15) is 4.39 Å². The molecule has 0 spiro atoms. The first kappa shape index (κ1) is 14.3. The highest BCUT2D eigenvalue weighted by Gasteiger charge is 2.15. The molecule has 0 bridgehead atoms. The quantitative estimate of drug-likeness (QED) is 0.269. The Morgan fingerprint density at radius 2 is 2.17 bits per heavy atom. The van der Waals surface area contributed by atoms with Crippen LogP contribution >= 0.6 is 0 Å². The second-order valence-corrected chi connectivity index (χ2v) is 4.25. The fourth-order valence-corrected chi connectivity index (χ4v) is 1.85. The predicted octanol–water partition coefficient (Wildman–Crippen LogP) is 2.55. The molecule has 4 nitrogen and oxygen atoms in total. The maximum absolute atomic E-state index is 13.7. The smallest absolute Gasteiger partial charge is 0.175 e. The van der Waals surface area contributed by atoms with E-state index >= 15 is 0 Å². The van der Waals surface area contributed by atoms with Gasteiger partial charge in [0.2, 0.25) is 0 Å². The van der Waals surface area contributed by atoms with Crippen molar-refractivity contribution in [2.75, 3.05) is 18.5 Å². The van der Waals surface area contributed by atoms with E-state index in [2.05, 4.69) is 12.1 Å². The average Bonchev–Trinajstić information content (AvgIpc) is 2.37. The fraction of sp³-hybridized carbons (Fsp3) is 0.462. The molecule has 0 aliphatic heterocycles. The molecule has 3 N–H and O–H groups in total. The second-order valence-electron chi connectivity index (χ2n) is 4.25. The normalized spacial score (nSPS) is 11.6. The van der Waals surface area contributed by atoms with E-state index in [4.69, 9.17) is 10.9 Å². The average molecular weight is 253 g/mol. The Morgan fingerprint density at radius 1 is 1.44 bits per heavy atom. The predicted molar refractivity (Wildman–Crippen MR) is 71.7 cm³/mol. The molecule has 0 saturated carbocycles. The van der Waals surface area contributed by atoms with E-state index in [0.717, 1.165) is 25.8 Å². The van der Waals surface area contributed by atoms with Crippen LogP contribution in [0.3, 0.4) is 0 Å². The molecule has 0 saturated heterocycles. The van der Waals surface area contributed by atoms with Gasteiger partial charge in [-0.25, -0.2) is 4.39 Å². The summed E-state index contributed by atoms with van der Waals surface area (Å²) in [6.45, 7) is 2.94. The molecule has 0 unspecified atom stereocenters. The molecule has 0 fully saturated rings. The van der Waals surface area contributed by atoms with Gasteiger partial charge in [-0.05, 0) is 18.6 Å². The van der Waals surface area contributed by atoms with Crippen molar-refractivity contribution in [2.45, 2.75) is 26.2 Å². The first-order valence-corrected chi connectivity index (χ1v) is 6.09. The first-order valence-electron chi connectivity index (χ1n) is 6.09. The first-order chi connectivity index (χ1) is 8.61. The highest BCUT2D eigenvalue weighted by Crippen LogP contribution is 2.22. The monoisotopic (exact) mass is 253 g/mol. The highest BCUT2D eigenvalue weighted by molar-refractivity contribution is 6.02. The summed E-state index contributed by atoms with van der Waals surface area (Å²) in [5.41, 5.74) is 6.31. The fourth-order valence-electron chi connectivity index (χ4n) is 1.85. The largest absolute Gasteiger partial charge is 0.409 e. The van der Waals surface area contributed by atoms with Crippen LogP contribution in [-0.2, 0) is 0 Å². The van der Waals surface area contributed by atoms with Gasteiger partial charge in [-0.3, -0.25) is 0 Å². The van der Waals surface area contributed by atoms with E-state index in [1.165, 1.54) is 6.07 Å². The van der Waals surface area contributed by atoms with Crippen molar-refractivity contribution in [1.82, 2.24) is 0 Å². The minimum absolute atomic E-state index is 0.152. The number of nitrogens with two attached hydrogens (primary N) is 1. The zero-order chi connectivity index (χ0) is 13.5. The Balaban J connectivity index is 2.97. The lowest BCUT2D eigenvalue weighted by atomic mass is 10.1. The van der Waals surface area contributed by atoms with E-state index < -0.39 is 5.82 Å². The molecule has 1 aromatic rings. The van der Waals surface area contributed by atoms with Crippen molar-refractivity contribution in [3.05, 3.63) is 29.6 Å². The van der Waals surface area contributed by atoms with Gasteiger partial charge in [0.05, 0.1) is 11.3 Å². The SMILES string of the molecule is CCCCCN(C)c1cccc(F)c1C(N)=NO. The summed E-state index contributed by atoms with van der Waals surface area (Å²) in [4.78, 5) is 1.92. The van der Waals surface area contributed by atoms with E-state index in [-0.39, 0.29) is 11.4 Å². The molecule has 18 heavy (non-hydrogen) atoms. The number of rotatable bonds is 6. The highest BCUT2D eigenvalue weighted by atomic mass is 19.1. The molecule has 0 amide bonds. The Morgan fingerprint density at radius 3 is 2.78 bits per heavy atom. The van der Waals surface area contributed by atoms with Gasteiger partial charge in [0.15, 0.2) is 5.84 Å². The van der Waals surface area contributed by atoms with Gasteiger partial charge >= 0.3 is 0 Å². The molecule has 1 rings (SSSR count). The second kappa shape index (κ2) is 6.83. The summed E-state index contributed by atoms with van der Waals surface area (Å²) in [6, 6.07) is 4.69. The van der Waals surface area contributed by atoms with Crippen LogP contribution in [0.25, 0.3) is 0 Å². The van der Waals surface area contributed by atoms with Gasteiger partial charge in [-0.1, -0.05) is 31.0 Å². The molecule has 0 atom stereocenters. The minimum Gasteiger partial charge on any atom is -0.409 e. The Labute approximate surface area is 107 Å². The van der Waals surface area contributed by atoms with Crippen LogP contribution in [0, 0.1) is 5.82 Å². The van der Waals surface area contributed by atoms with Gasteiger partial charge in [0.25, 0.3) is 0 Å². The Hall–Kier alpha value is -1.78. The van der Waals surface area contributed by atoms with Crippen LogP contribution in [0.4, 0.5) is 10.1 Å². The number of hydrogen-bond acceptors (Lipinski definition) is 3. The number of halogens is 1. The number of hydrogen-bond donors (Lipinski definition) is 2. The van der Waals surface area contributed by atoms with Crippen LogP contribution < -0.4 is 10.6 Å². The number of oxime groups is 1. The summed E-state index contributed by atoms with van der Waals surface area (Å²) in [7, 11) is 1.87. The summed E-state index contributed by atoms with van der Waals surface area (Å²) in [5, 5.41) is 11.6. The molecule has 0 aromatic heterocycles. The van der Waals surface area contributed by atoms with Gasteiger partial charge in [-0.15, -0.1) is 0 Å². The minimum atomic E-state index is -0.481. The van der Waals surface area contributed by atoms with Gasteiger partial charge in [-0.2, -0.15) is 0 Å². The van der Waals surface area contributed by atoms with Gasteiger partial charge < -0.3 is 15.8 Å². The Kier molecular flexibility index (Phi) is 5.42. The van der Waals surface area contributed by atoms with Crippen molar-refractivity contribution in [3.63, 3.8) is 0 Å². The molecule has 1 aromatic carbocycles.